The van der Waals surface area contributed by atoms with Crippen LogP contribution in [0.15, 0.2) is 53.4 Å². The van der Waals surface area contributed by atoms with Gasteiger partial charge in [-0.1, -0.05) is 18.6 Å². The first-order valence-electron chi connectivity index (χ1n) is 8.24. The largest absolute Gasteiger partial charge is 0.399 e. The third-order valence-corrected chi connectivity index (χ3v) is 6.09. The second-order valence-corrected chi connectivity index (χ2v) is 8.01. The lowest BCUT2D eigenvalue weighted by molar-refractivity contribution is 0.102. The Balaban J connectivity index is 0.00000243. The van der Waals surface area contributed by atoms with Gasteiger partial charge in [-0.2, -0.15) is 4.31 Å². The maximum absolute atomic E-state index is 12.7. The lowest BCUT2D eigenvalue weighted by Crippen LogP contribution is -2.35. The Labute approximate surface area is 159 Å². The van der Waals surface area contributed by atoms with E-state index in [4.69, 9.17) is 5.73 Å². The number of amides is 1. The van der Waals surface area contributed by atoms with Gasteiger partial charge in [0.25, 0.3) is 5.91 Å². The predicted molar refractivity (Wildman–Crippen MR) is 105 cm³/mol. The minimum atomic E-state index is -3.53. The average molecular weight is 396 g/mol. The maximum atomic E-state index is 12.7. The van der Waals surface area contributed by atoms with E-state index in [0.717, 1.165) is 19.3 Å². The topological polar surface area (TPSA) is 92.5 Å². The summed E-state index contributed by atoms with van der Waals surface area (Å²) in [7, 11) is -3.53. The van der Waals surface area contributed by atoms with Gasteiger partial charge in [-0.05, 0) is 49.2 Å². The highest BCUT2D eigenvalue weighted by molar-refractivity contribution is 7.89. The minimum absolute atomic E-state index is 0. The van der Waals surface area contributed by atoms with Gasteiger partial charge in [-0.25, -0.2) is 8.42 Å². The van der Waals surface area contributed by atoms with E-state index >= 15 is 0 Å². The van der Waals surface area contributed by atoms with Crippen molar-refractivity contribution in [2.24, 2.45) is 0 Å². The van der Waals surface area contributed by atoms with Gasteiger partial charge in [0.1, 0.15) is 0 Å². The molecule has 0 atom stereocenters. The maximum Gasteiger partial charge on any atom is 0.255 e. The fourth-order valence-corrected chi connectivity index (χ4v) is 4.44. The van der Waals surface area contributed by atoms with E-state index in [1.165, 1.54) is 10.4 Å². The predicted octanol–water partition coefficient (Wildman–Crippen LogP) is 3.12. The molecule has 1 amide bonds. The van der Waals surface area contributed by atoms with Crippen molar-refractivity contribution in [1.29, 1.82) is 0 Å². The van der Waals surface area contributed by atoms with Crippen LogP contribution in [0, 0.1) is 0 Å². The lowest BCUT2D eigenvalue weighted by atomic mass is 10.2. The van der Waals surface area contributed by atoms with Crippen molar-refractivity contribution in [3.05, 3.63) is 54.1 Å². The van der Waals surface area contributed by atoms with E-state index in [2.05, 4.69) is 5.32 Å². The molecule has 1 fully saturated rings. The Morgan fingerprint density at radius 2 is 1.69 bits per heavy atom. The molecule has 0 aromatic heterocycles. The van der Waals surface area contributed by atoms with Crippen LogP contribution in [0.1, 0.15) is 29.6 Å². The van der Waals surface area contributed by atoms with Crippen LogP contribution in [0.2, 0.25) is 0 Å². The molecule has 0 aliphatic carbocycles. The Kier molecular flexibility index (Phi) is 6.63. The van der Waals surface area contributed by atoms with E-state index in [-0.39, 0.29) is 23.2 Å². The van der Waals surface area contributed by atoms with Crippen LogP contribution in [0.4, 0.5) is 11.4 Å². The molecular formula is C18H22ClN3O3S. The van der Waals surface area contributed by atoms with Crippen molar-refractivity contribution >= 4 is 39.7 Å². The molecule has 0 bridgehead atoms. The van der Waals surface area contributed by atoms with Crippen molar-refractivity contribution in [3.63, 3.8) is 0 Å². The number of nitrogens with zero attached hydrogens (tertiary/aromatic N) is 1. The molecule has 6 nitrogen and oxygen atoms in total. The number of nitrogens with two attached hydrogens (primary N) is 1. The standard InChI is InChI=1S/C18H21N3O3S.ClH/c19-15-7-4-6-14(12-15)18(22)20-16-8-5-9-17(13-16)25(23,24)21-10-2-1-3-11-21;/h4-9,12-13H,1-3,10-11,19H2,(H,20,22);1H. The summed E-state index contributed by atoms with van der Waals surface area (Å²) in [4.78, 5) is 12.5. The number of rotatable bonds is 4. The monoisotopic (exact) mass is 395 g/mol. The first-order valence-corrected chi connectivity index (χ1v) is 9.68. The number of benzene rings is 2. The molecule has 140 valence electrons. The number of hydrogen-bond donors (Lipinski definition) is 2. The summed E-state index contributed by atoms with van der Waals surface area (Å²) < 4.78 is 27.0. The number of hydrogen-bond acceptors (Lipinski definition) is 4. The molecule has 26 heavy (non-hydrogen) atoms. The molecule has 2 aromatic rings. The minimum Gasteiger partial charge on any atom is -0.399 e. The summed E-state index contributed by atoms with van der Waals surface area (Å²) in [5.74, 6) is -0.333. The zero-order valence-corrected chi connectivity index (χ0v) is 15.9. The molecule has 0 radical (unpaired) electrons. The van der Waals surface area contributed by atoms with Crippen LogP contribution in [-0.2, 0) is 10.0 Å². The molecule has 1 saturated heterocycles. The number of nitrogens with one attached hydrogen (secondary N) is 1. The average Bonchev–Trinajstić information content (AvgIpc) is 2.62. The normalized spacial score (nSPS) is 15.1. The molecule has 3 N–H and O–H groups in total. The smallest absolute Gasteiger partial charge is 0.255 e. The van der Waals surface area contributed by atoms with Gasteiger partial charge < -0.3 is 11.1 Å². The highest BCUT2D eigenvalue weighted by atomic mass is 35.5. The van der Waals surface area contributed by atoms with E-state index in [0.29, 0.717) is 30.0 Å². The molecule has 0 unspecified atom stereocenters. The fourth-order valence-electron chi connectivity index (χ4n) is 2.87. The van der Waals surface area contributed by atoms with Crippen LogP contribution < -0.4 is 11.1 Å². The summed E-state index contributed by atoms with van der Waals surface area (Å²) in [6.45, 7) is 1.09. The lowest BCUT2D eigenvalue weighted by Gasteiger charge is -2.26. The number of halogens is 1. The van der Waals surface area contributed by atoms with Gasteiger partial charge in [-0.3, -0.25) is 4.79 Å². The molecule has 0 spiro atoms. The second kappa shape index (κ2) is 8.53. The SMILES string of the molecule is Cl.Nc1cccc(C(=O)Nc2cccc(S(=O)(=O)N3CCCCC3)c2)c1. The molecule has 0 saturated carbocycles. The van der Waals surface area contributed by atoms with Gasteiger partial charge in [-0.15, -0.1) is 12.4 Å². The van der Waals surface area contributed by atoms with E-state index in [9.17, 15) is 13.2 Å². The molecule has 1 aliphatic heterocycles. The number of anilines is 2. The van der Waals surface area contributed by atoms with E-state index in [1.54, 1.807) is 42.5 Å². The third kappa shape index (κ3) is 4.55. The molecule has 1 heterocycles. The summed E-state index contributed by atoms with van der Waals surface area (Å²) >= 11 is 0. The second-order valence-electron chi connectivity index (χ2n) is 6.07. The van der Waals surface area contributed by atoms with Crippen molar-refractivity contribution in [3.8, 4) is 0 Å². The highest BCUT2D eigenvalue weighted by Crippen LogP contribution is 2.23. The van der Waals surface area contributed by atoms with Crippen LogP contribution in [-0.4, -0.2) is 31.7 Å². The van der Waals surface area contributed by atoms with Crippen LogP contribution >= 0.6 is 12.4 Å². The summed E-state index contributed by atoms with van der Waals surface area (Å²) in [5.41, 5.74) is 7.04. The van der Waals surface area contributed by atoms with E-state index < -0.39 is 10.0 Å². The van der Waals surface area contributed by atoms with Gasteiger partial charge in [0.15, 0.2) is 0 Å². The number of sulfonamides is 1. The fraction of sp³-hybridized carbons (Fsp3) is 0.278. The third-order valence-electron chi connectivity index (χ3n) is 4.19. The van der Waals surface area contributed by atoms with Crippen molar-refractivity contribution in [1.82, 2.24) is 4.31 Å². The Morgan fingerprint density at radius 3 is 2.38 bits per heavy atom. The quantitative estimate of drug-likeness (QED) is 0.778. The van der Waals surface area contributed by atoms with Gasteiger partial charge in [0.2, 0.25) is 10.0 Å². The number of carbonyl (C=O) groups is 1. The summed E-state index contributed by atoms with van der Waals surface area (Å²) in [6.07, 6.45) is 2.82. The van der Waals surface area contributed by atoms with Crippen molar-refractivity contribution in [2.45, 2.75) is 24.2 Å². The molecule has 2 aromatic carbocycles. The number of piperidine rings is 1. The summed E-state index contributed by atoms with van der Waals surface area (Å²) in [5, 5.41) is 2.72. The van der Waals surface area contributed by atoms with Gasteiger partial charge >= 0.3 is 0 Å². The van der Waals surface area contributed by atoms with Crippen molar-refractivity contribution in [2.75, 3.05) is 24.1 Å². The zero-order chi connectivity index (χ0) is 17.9. The van der Waals surface area contributed by atoms with Crippen molar-refractivity contribution < 1.29 is 13.2 Å². The van der Waals surface area contributed by atoms with Crippen LogP contribution in [0.25, 0.3) is 0 Å². The molecule has 3 rings (SSSR count). The highest BCUT2D eigenvalue weighted by Gasteiger charge is 2.26. The molecular weight excluding hydrogens is 374 g/mol. The Bertz CT molecular complexity index is 881. The Hall–Kier alpha value is -2.09. The Morgan fingerprint density at radius 1 is 1.00 bits per heavy atom. The van der Waals surface area contributed by atoms with Gasteiger partial charge in [0, 0.05) is 30.0 Å². The van der Waals surface area contributed by atoms with Gasteiger partial charge in [0.05, 0.1) is 4.90 Å². The molecule has 8 heteroatoms. The number of nitrogen functional groups attached to an aromatic ring is 1. The van der Waals surface area contributed by atoms with E-state index in [1.807, 2.05) is 0 Å². The first-order chi connectivity index (χ1) is 12.0. The van der Waals surface area contributed by atoms with Crippen LogP contribution in [0.5, 0.6) is 0 Å². The molecule has 1 aliphatic rings. The summed E-state index contributed by atoms with van der Waals surface area (Å²) in [6, 6.07) is 13.0. The number of carbonyl (C=O) groups excluding carboxylic acids is 1. The first kappa shape index (κ1) is 20.2. The van der Waals surface area contributed by atoms with Crippen LogP contribution in [0.3, 0.4) is 0 Å². The zero-order valence-electron chi connectivity index (χ0n) is 14.2.